The van der Waals surface area contributed by atoms with Crippen LogP contribution in [0, 0.1) is 0 Å². The third-order valence-electron chi connectivity index (χ3n) is 2.72. The Hall–Kier alpha value is -0.530. The second kappa shape index (κ2) is 3.69. The molecule has 1 unspecified atom stereocenters. The lowest BCUT2D eigenvalue weighted by Crippen LogP contribution is -2.28. The van der Waals surface area contributed by atoms with Gasteiger partial charge in [0.25, 0.3) is 0 Å². The standard InChI is InChI=1S/C11H14ClN/c1-13-7-6-9-4-2-3-5-10(9)8-11(13)12/h2-5,11H,6-8H2,1H3. The summed E-state index contributed by atoms with van der Waals surface area (Å²) in [6.07, 6.45) is 2.09. The first-order chi connectivity index (χ1) is 6.27. The minimum atomic E-state index is 0.156. The van der Waals surface area contributed by atoms with E-state index >= 15 is 0 Å². The molecule has 0 amide bonds. The van der Waals surface area contributed by atoms with Crippen LogP contribution in [-0.4, -0.2) is 24.0 Å². The molecular weight excluding hydrogens is 182 g/mol. The SMILES string of the molecule is CN1CCc2ccccc2CC1Cl. The van der Waals surface area contributed by atoms with Crippen LogP contribution in [0.4, 0.5) is 0 Å². The molecule has 0 aromatic heterocycles. The average Bonchev–Trinajstić information content (AvgIpc) is 2.28. The van der Waals surface area contributed by atoms with Gasteiger partial charge in [0.05, 0.1) is 5.50 Å². The molecule has 0 N–H and O–H groups in total. The Balaban J connectivity index is 2.29. The van der Waals surface area contributed by atoms with Crippen LogP contribution >= 0.6 is 11.6 Å². The van der Waals surface area contributed by atoms with Crippen LogP contribution in [-0.2, 0) is 12.8 Å². The minimum absolute atomic E-state index is 0.156. The summed E-state index contributed by atoms with van der Waals surface area (Å²) in [7, 11) is 2.09. The molecule has 0 fully saturated rings. The second-order valence-corrected chi connectivity index (χ2v) is 4.14. The number of fused-ring (bicyclic) bond motifs is 1. The van der Waals surface area contributed by atoms with E-state index < -0.39 is 0 Å². The van der Waals surface area contributed by atoms with Crippen molar-refractivity contribution < 1.29 is 0 Å². The largest absolute Gasteiger partial charge is 0.290 e. The van der Waals surface area contributed by atoms with Gasteiger partial charge in [0, 0.05) is 13.0 Å². The van der Waals surface area contributed by atoms with Gasteiger partial charge in [0.15, 0.2) is 0 Å². The van der Waals surface area contributed by atoms with E-state index in [-0.39, 0.29) is 5.50 Å². The Labute approximate surface area is 84.3 Å². The van der Waals surface area contributed by atoms with Crippen molar-refractivity contribution in [3.8, 4) is 0 Å². The molecule has 2 rings (SSSR count). The van der Waals surface area contributed by atoms with Crippen LogP contribution in [0.2, 0.25) is 0 Å². The highest BCUT2D eigenvalue weighted by Crippen LogP contribution is 2.20. The van der Waals surface area contributed by atoms with E-state index in [0.717, 1.165) is 19.4 Å². The maximum Gasteiger partial charge on any atom is 0.0888 e. The third kappa shape index (κ3) is 1.87. The molecule has 2 heteroatoms. The Kier molecular flexibility index (Phi) is 2.56. The van der Waals surface area contributed by atoms with Crippen molar-refractivity contribution in [2.45, 2.75) is 18.3 Å². The Morgan fingerprint density at radius 3 is 2.77 bits per heavy atom. The van der Waals surface area contributed by atoms with E-state index in [4.69, 9.17) is 11.6 Å². The number of alkyl halides is 1. The molecule has 1 aromatic carbocycles. The Morgan fingerprint density at radius 2 is 2.00 bits per heavy atom. The zero-order valence-corrected chi connectivity index (χ0v) is 8.59. The fourth-order valence-corrected chi connectivity index (χ4v) is 2.04. The fraction of sp³-hybridized carbons (Fsp3) is 0.455. The molecule has 70 valence electrons. The molecule has 0 radical (unpaired) electrons. The maximum atomic E-state index is 6.23. The topological polar surface area (TPSA) is 3.24 Å². The van der Waals surface area contributed by atoms with E-state index in [0.29, 0.717) is 0 Å². The molecule has 1 heterocycles. The number of halogens is 1. The maximum absolute atomic E-state index is 6.23. The second-order valence-electron chi connectivity index (χ2n) is 3.64. The van der Waals surface area contributed by atoms with Crippen LogP contribution in [0.25, 0.3) is 0 Å². The van der Waals surface area contributed by atoms with Gasteiger partial charge in [0.2, 0.25) is 0 Å². The average molecular weight is 196 g/mol. The van der Waals surface area contributed by atoms with Gasteiger partial charge in [-0.2, -0.15) is 0 Å². The van der Waals surface area contributed by atoms with E-state index in [1.807, 2.05) is 0 Å². The zero-order valence-electron chi connectivity index (χ0n) is 7.83. The molecule has 0 spiro atoms. The lowest BCUT2D eigenvalue weighted by Gasteiger charge is -2.18. The normalized spacial score (nSPS) is 23.7. The van der Waals surface area contributed by atoms with Gasteiger partial charge in [-0.1, -0.05) is 24.3 Å². The molecule has 0 aliphatic carbocycles. The van der Waals surface area contributed by atoms with Crippen LogP contribution < -0.4 is 0 Å². The highest BCUT2D eigenvalue weighted by atomic mass is 35.5. The molecule has 1 aliphatic heterocycles. The van der Waals surface area contributed by atoms with Gasteiger partial charge in [-0.15, -0.1) is 11.6 Å². The lowest BCUT2D eigenvalue weighted by atomic mass is 10.0. The van der Waals surface area contributed by atoms with Crippen molar-refractivity contribution in [3.05, 3.63) is 35.4 Å². The van der Waals surface area contributed by atoms with Crippen molar-refractivity contribution in [2.24, 2.45) is 0 Å². The number of rotatable bonds is 0. The summed E-state index contributed by atoms with van der Waals surface area (Å²) in [4.78, 5) is 2.21. The summed E-state index contributed by atoms with van der Waals surface area (Å²) >= 11 is 6.23. The quantitative estimate of drug-likeness (QED) is 0.454. The van der Waals surface area contributed by atoms with Crippen molar-refractivity contribution in [2.75, 3.05) is 13.6 Å². The summed E-state index contributed by atoms with van der Waals surface area (Å²) in [5.74, 6) is 0. The highest BCUT2D eigenvalue weighted by molar-refractivity contribution is 6.20. The monoisotopic (exact) mass is 195 g/mol. The first-order valence-electron chi connectivity index (χ1n) is 4.68. The predicted molar refractivity (Wildman–Crippen MR) is 56.1 cm³/mol. The van der Waals surface area contributed by atoms with Gasteiger partial charge in [-0.25, -0.2) is 0 Å². The molecule has 1 aromatic rings. The minimum Gasteiger partial charge on any atom is -0.290 e. The lowest BCUT2D eigenvalue weighted by molar-refractivity contribution is 0.319. The van der Waals surface area contributed by atoms with Crippen LogP contribution in [0.5, 0.6) is 0 Å². The van der Waals surface area contributed by atoms with Crippen molar-refractivity contribution >= 4 is 11.6 Å². The van der Waals surface area contributed by atoms with Gasteiger partial charge in [-0.3, -0.25) is 4.90 Å². The number of likely N-dealkylation sites (N-methyl/N-ethyl adjacent to an activating group) is 1. The highest BCUT2D eigenvalue weighted by Gasteiger charge is 2.17. The number of hydrogen-bond acceptors (Lipinski definition) is 1. The molecule has 13 heavy (non-hydrogen) atoms. The van der Waals surface area contributed by atoms with Gasteiger partial charge in [0.1, 0.15) is 0 Å². The van der Waals surface area contributed by atoms with E-state index in [1.54, 1.807) is 0 Å². The number of benzene rings is 1. The van der Waals surface area contributed by atoms with Crippen molar-refractivity contribution in [1.29, 1.82) is 0 Å². The van der Waals surface area contributed by atoms with E-state index in [1.165, 1.54) is 11.1 Å². The molecule has 1 atom stereocenters. The summed E-state index contributed by atoms with van der Waals surface area (Å²) < 4.78 is 0. The van der Waals surface area contributed by atoms with Gasteiger partial charge < -0.3 is 0 Å². The van der Waals surface area contributed by atoms with Gasteiger partial charge >= 0.3 is 0 Å². The van der Waals surface area contributed by atoms with Crippen LogP contribution in [0.15, 0.2) is 24.3 Å². The van der Waals surface area contributed by atoms with E-state index in [2.05, 4.69) is 36.2 Å². The van der Waals surface area contributed by atoms with E-state index in [9.17, 15) is 0 Å². The van der Waals surface area contributed by atoms with Crippen molar-refractivity contribution in [1.82, 2.24) is 4.90 Å². The predicted octanol–water partition coefficient (Wildman–Crippen LogP) is 2.28. The summed E-state index contributed by atoms with van der Waals surface area (Å²) in [6.45, 7) is 1.06. The molecule has 0 bridgehead atoms. The molecule has 1 nitrogen and oxygen atoms in total. The zero-order chi connectivity index (χ0) is 9.26. The van der Waals surface area contributed by atoms with Crippen LogP contribution in [0.3, 0.4) is 0 Å². The first kappa shape index (κ1) is 9.04. The van der Waals surface area contributed by atoms with Crippen molar-refractivity contribution in [3.63, 3.8) is 0 Å². The first-order valence-corrected chi connectivity index (χ1v) is 5.12. The third-order valence-corrected chi connectivity index (χ3v) is 3.21. The van der Waals surface area contributed by atoms with Crippen LogP contribution in [0.1, 0.15) is 11.1 Å². The molecule has 0 saturated heterocycles. The number of hydrogen-bond donors (Lipinski definition) is 0. The number of nitrogens with zero attached hydrogens (tertiary/aromatic N) is 1. The molecule has 1 aliphatic rings. The Morgan fingerprint density at radius 1 is 1.31 bits per heavy atom. The summed E-state index contributed by atoms with van der Waals surface area (Å²) in [5.41, 5.74) is 3.02. The smallest absolute Gasteiger partial charge is 0.0888 e. The molecular formula is C11H14ClN. The molecule has 0 saturated carbocycles. The Bertz CT molecular complexity index is 298. The van der Waals surface area contributed by atoms with Gasteiger partial charge in [-0.05, 0) is 24.6 Å². The summed E-state index contributed by atoms with van der Waals surface area (Å²) in [5, 5.41) is 0. The fourth-order valence-electron chi connectivity index (χ4n) is 1.77. The summed E-state index contributed by atoms with van der Waals surface area (Å²) in [6, 6.07) is 8.59.